The van der Waals surface area contributed by atoms with Gasteiger partial charge >= 0.3 is 5.69 Å². The van der Waals surface area contributed by atoms with Gasteiger partial charge in [0.25, 0.3) is 5.56 Å². The number of aromatic amines is 1. The number of hydrogen-bond donors (Lipinski definition) is 2. The van der Waals surface area contributed by atoms with Crippen molar-refractivity contribution in [2.75, 3.05) is 0 Å². The molecule has 100 valence electrons. The molecule has 1 rings (SSSR count). The molecule has 7 heteroatoms. The van der Waals surface area contributed by atoms with Crippen LogP contribution in [0.15, 0.2) is 15.8 Å². The van der Waals surface area contributed by atoms with Crippen LogP contribution in [0.5, 0.6) is 0 Å². The van der Waals surface area contributed by atoms with Crippen LogP contribution in [0.4, 0.5) is 0 Å². The summed E-state index contributed by atoms with van der Waals surface area (Å²) in [5, 5.41) is 2.64. The molecule has 0 spiro atoms. The average Bonchev–Trinajstić information content (AvgIpc) is 2.26. The van der Waals surface area contributed by atoms with Crippen molar-refractivity contribution >= 4 is 17.5 Å². The summed E-state index contributed by atoms with van der Waals surface area (Å²) in [5.41, 5.74) is -1.31. The molecule has 0 saturated carbocycles. The molecule has 1 amide bonds. The summed E-state index contributed by atoms with van der Waals surface area (Å²) in [7, 11) is 0. The van der Waals surface area contributed by atoms with Gasteiger partial charge in [0.15, 0.2) is 0 Å². The van der Waals surface area contributed by atoms with Crippen LogP contribution >= 0.6 is 11.6 Å². The zero-order valence-electron chi connectivity index (χ0n) is 10.3. The third-order valence-electron chi connectivity index (χ3n) is 2.41. The molecule has 0 bridgehead atoms. The van der Waals surface area contributed by atoms with Crippen molar-refractivity contribution in [3.8, 4) is 0 Å². The van der Waals surface area contributed by atoms with E-state index in [0.29, 0.717) is 0 Å². The average molecular weight is 274 g/mol. The normalized spacial score (nSPS) is 12.2. The Morgan fingerprint density at radius 2 is 2.22 bits per heavy atom. The molecular weight excluding hydrogens is 258 g/mol. The van der Waals surface area contributed by atoms with Gasteiger partial charge in [0.2, 0.25) is 5.91 Å². The van der Waals surface area contributed by atoms with Gasteiger partial charge in [-0.2, -0.15) is 0 Å². The minimum absolute atomic E-state index is 0.0523. The van der Waals surface area contributed by atoms with Crippen molar-refractivity contribution in [3.63, 3.8) is 0 Å². The second-order valence-corrected chi connectivity index (χ2v) is 4.53. The first-order chi connectivity index (χ1) is 8.43. The molecule has 0 aliphatic rings. The molecule has 1 aromatic heterocycles. The minimum Gasteiger partial charge on any atom is -0.352 e. The third kappa shape index (κ3) is 4.03. The van der Waals surface area contributed by atoms with E-state index in [4.69, 9.17) is 11.6 Å². The van der Waals surface area contributed by atoms with Crippen LogP contribution in [0.1, 0.15) is 26.7 Å². The fourth-order valence-corrected chi connectivity index (χ4v) is 1.75. The lowest BCUT2D eigenvalue weighted by Gasteiger charge is -2.13. The number of nitrogens with zero attached hydrogens (tertiary/aromatic N) is 1. The van der Waals surface area contributed by atoms with E-state index in [9.17, 15) is 14.4 Å². The van der Waals surface area contributed by atoms with E-state index < -0.39 is 11.2 Å². The first-order valence-electron chi connectivity index (χ1n) is 5.72. The van der Waals surface area contributed by atoms with Crippen molar-refractivity contribution in [1.82, 2.24) is 14.9 Å². The molecular formula is C11H16ClN3O3. The van der Waals surface area contributed by atoms with Crippen LogP contribution in [0.3, 0.4) is 0 Å². The molecule has 0 radical (unpaired) electrons. The standard InChI is InChI=1S/C11H16ClN3O3/c1-3-4-7(2)13-9(16)6-15-5-8(12)10(17)14-11(15)18/h5,7H,3-4,6H2,1-2H3,(H,13,16)(H,14,17,18). The zero-order chi connectivity index (χ0) is 13.7. The maximum absolute atomic E-state index is 11.6. The van der Waals surface area contributed by atoms with Crippen molar-refractivity contribution in [2.24, 2.45) is 0 Å². The summed E-state index contributed by atoms with van der Waals surface area (Å²) in [4.78, 5) is 36.1. The summed E-state index contributed by atoms with van der Waals surface area (Å²) in [6.07, 6.45) is 2.99. The molecule has 0 aliphatic carbocycles. The Labute approximate surface area is 109 Å². The number of rotatable bonds is 5. The van der Waals surface area contributed by atoms with E-state index >= 15 is 0 Å². The molecule has 0 aliphatic heterocycles. The Bertz CT molecular complexity index is 535. The predicted molar refractivity (Wildman–Crippen MR) is 68.8 cm³/mol. The third-order valence-corrected chi connectivity index (χ3v) is 2.68. The molecule has 1 aromatic rings. The topological polar surface area (TPSA) is 84.0 Å². The molecule has 0 fully saturated rings. The highest BCUT2D eigenvalue weighted by molar-refractivity contribution is 6.30. The Morgan fingerprint density at radius 3 is 2.83 bits per heavy atom. The molecule has 1 atom stereocenters. The van der Waals surface area contributed by atoms with Crippen LogP contribution in [-0.2, 0) is 11.3 Å². The minimum atomic E-state index is -0.655. The molecule has 2 N–H and O–H groups in total. The Hall–Kier alpha value is -1.56. The smallest absolute Gasteiger partial charge is 0.328 e. The number of aromatic nitrogens is 2. The second kappa shape index (κ2) is 6.39. The fourth-order valence-electron chi connectivity index (χ4n) is 1.58. The Balaban J connectivity index is 2.74. The zero-order valence-corrected chi connectivity index (χ0v) is 11.1. The SMILES string of the molecule is CCCC(C)NC(=O)Cn1cc(Cl)c(=O)[nH]c1=O. The van der Waals surface area contributed by atoms with Crippen LogP contribution in [-0.4, -0.2) is 21.5 Å². The van der Waals surface area contributed by atoms with E-state index in [1.165, 1.54) is 0 Å². The molecule has 1 heterocycles. The van der Waals surface area contributed by atoms with Crippen molar-refractivity contribution in [1.29, 1.82) is 0 Å². The van der Waals surface area contributed by atoms with Gasteiger partial charge in [-0.05, 0) is 13.3 Å². The van der Waals surface area contributed by atoms with Crippen LogP contribution < -0.4 is 16.6 Å². The van der Waals surface area contributed by atoms with Crippen LogP contribution in [0.25, 0.3) is 0 Å². The van der Waals surface area contributed by atoms with Crippen LogP contribution in [0.2, 0.25) is 5.02 Å². The van der Waals surface area contributed by atoms with E-state index in [2.05, 4.69) is 5.32 Å². The Morgan fingerprint density at radius 1 is 1.56 bits per heavy atom. The first-order valence-corrected chi connectivity index (χ1v) is 6.10. The van der Waals surface area contributed by atoms with Crippen LogP contribution in [0, 0.1) is 0 Å². The van der Waals surface area contributed by atoms with Gasteiger partial charge in [-0.25, -0.2) is 4.79 Å². The van der Waals surface area contributed by atoms with Crippen molar-refractivity contribution in [2.45, 2.75) is 39.3 Å². The highest BCUT2D eigenvalue weighted by Gasteiger charge is 2.09. The predicted octanol–water partition coefficient (Wildman–Crippen LogP) is 0.495. The maximum atomic E-state index is 11.6. The Kier molecular flexibility index (Phi) is 5.15. The van der Waals surface area contributed by atoms with E-state index in [1.807, 2.05) is 18.8 Å². The van der Waals surface area contributed by atoms with Gasteiger partial charge in [0.1, 0.15) is 11.6 Å². The molecule has 1 unspecified atom stereocenters. The summed E-state index contributed by atoms with van der Waals surface area (Å²) < 4.78 is 1.07. The monoisotopic (exact) mass is 273 g/mol. The number of halogens is 1. The van der Waals surface area contributed by atoms with Gasteiger partial charge in [-0.3, -0.25) is 19.1 Å². The fraction of sp³-hybridized carbons (Fsp3) is 0.545. The molecule has 18 heavy (non-hydrogen) atoms. The quantitative estimate of drug-likeness (QED) is 0.819. The summed E-state index contributed by atoms with van der Waals surface area (Å²) in [6, 6.07) is 0.0523. The van der Waals surface area contributed by atoms with Crippen molar-refractivity contribution in [3.05, 3.63) is 32.1 Å². The number of carbonyl (C=O) groups excluding carboxylic acids is 1. The van der Waals surface area contributed by atoms with Crippen molar-refractivity contribution < 1.29 is 4.79 Å². The molecule has 0 aromatic carbocycles. The van der Waals surface area contributed by atoms with E-state index in [0.717, 1.165) is 23.6 Å². The number of H-pyrrole nitrogens is 1. The summed E-state index contributed by atoms with van der Waals surface area (Å²) in [6.45, 7) is 3.75. The highest BCUT2D eigenvalue weighted by Crippen LogP contribution is 1.97. The highest BCUT2D eigenvalue weighted by atomic mass is 35.5. The number of nitrogens with one attached hydrogen (secondary N) is 2. The van der Waals surface area contributed by atoms with Gasteiger partial charge < -0.3 is 5.32 Å². The maximum Gasteiger partial charge on any atom is 0.328 e. The first kappa shape index (κ1) is 14.5. The lowest BCUT2D eigenvalue weighted by Crippen LogP contribution is -2.39. The molecule has 6 nitrogen and oxygen atoms in total. The lowest BCUT2D eigenvalue weighted by molar-refractivity contribution is -0.122. The van der Waals surface area contributed by atoms with Gasteiger partial charge in [0.05, 0.1) is 0 Å². The largest absolute Gasteiger partial charge is 0.352 e. The summed E-state index contributed by atoms with van der Waals surface area (Å²) in [5.74, 6) is -0.291. The lowest BCUT2D eigenvalue weighted by atomic mass is 10.2. The van der Waals surface area contributed by atoms with Gasteiger partial charge in [0, 0.05) is 12.2 Å². The second-order valence-electron chi connectivity index (χ2n) is 4.12. The number of carbonyl (C=O) groups is 1. The van der Waals surface area contributed by atoms with E-state index in [1.54, 1.807) is 0 Å². The number of hydrogen-bond acceptors (Lipinski definition) is 3. The summed E-state index contributed by atoms with van der Waals surface area (Å²) >= 11 is 5.59. The van der Waals surface area contributed by atoms with Gasteiger partial charge in [-0.1, -0.05) is 24.9 Å². The number of amides is 1. The van der Waals surface area contributed by atoms with Gasteiger partial charge in [-0.15, -0.1) is 0 Å². The molecule has 0 saturated heterocycles. The van der Waals surface area contributed by atoms with E-state index in [-0.39, 0.29) is 23.5 Å².